The van der Waals surface area contributed by atoms with Crippen LogP contribution in [-0.2, 0) is 9.59 Å². The number of nitrogens with zero attached hydrogens (tertiary/aromatic N) is 1. The van der Waals surface area contributed by atoms with Gasteiger partial charge in [-0.1, -0.05) is 18.2 Å². The summed E-state index contributed by atoms with van der Waals surface area (Å²) in [5, 5.41) is 0. The van der Waals surface area contributed by atoms with Gasteiger partial charge in [0.1, 0.15) is 5.75 Å². The highest BCUT2D eigenvalue weighted by Gasteiger charge is 2.35. The SMILES string of the molecule is O=C1C=CC(=O)N1C1CCOc2ccccc21. The maximum absolute atomic E-state index is 11.7. The molecule has 4 nitrogen and oxygen atoms in total. The minimum Gasteiger partial charge on any atom is -0.493 e. The molecule has 1 aromatic rings. The number of ether oxygens (including phenoxy) is 1. The summed E-state index contributed by atoms with van der Waals surface area (Å²) in [4.78, 5) is 24.6. The average molecular weight is 229 g/mol. The Bertz CT molecular complexity index is 503. The molecule has 0 fully saturated rings. The lowest BCUT2D eigenvalue weighted by molar-refractivity contribution is -0.140. The van der Waals surface area contributed by atoms with Crippen LogP contribution in [0.2, 0.25) is 0 Å². The normalized spacial score (nSPS) is 22.6. The number of carbonyl (C=O) groups excluding carboxylic acids is 2. The highest BCUT2D eigenvalue weighted by Crippen LogP contribution is 2.36. The highest BCUT2D eigenvalue weighted by atomic mass is 16.5. The first-order chi connectivity index (χ1) is 8.27. The first-order valence-electron chi connectivity index (χ1n) is 5.54. The standard InChI is InChI=1S/C13H11NO3/c15-12-5-6-13(16)14(12)10-7-8-17-11-4-2-1-3-9(10)11/h1-6,10H,7-8H2. The first kappa shape index (κ1) is 10.1. The van der Waals surface area contributed by atoms with E-state index in [4.69, 9.17) is 4.74 Å². The molecule has 1 unspecified atom stereocenters. The predicted octanol–water partition coefficient (Wildman–Crippen LogP) is 1.44. The van der Waals surface area contributed by atoms with E-state index < -0.39 is 0 Å². The summed E-state index contributed by atoms with van der Waals surface area (Å²) in [6.07, 6.45) is 3.29. The lowest BCUT2D eigenvalue weighted by Gasteiger charge is -2.31. The fraction of sp³-hybridized carbons (Fsp3) is 0.231. The van der Waals surface area contributed by atoms with E-state index in [0.717, 1.165) is 11.3 Å². The third-order valence-corrected chi connectivity index (χ3v) is 3.08. The van der Waals surface area contributed by atoms with Crippen molar-refractivity contribution in [3.8, 4) is 5.75 Å². The van der Waals surface area contributed by atoms with Crippen molar-refractivity contribution < 1.29 is 14.3 Å². The van der Waals surface area contributed by atoms with Gasteiger partial charge in [0, 0.05) is 24.1 Å². The molecule has 0 saturated heterocycles. The van der Waals surface area contributed by atoms with E-state index >= 15 is 0 Å². The zero-order valence-electron chi connectivity index (χ0n) is 9.13. The van der Waals surface area contributed by atoms with Gasteiger partial charge in [-0.05, 0) is 6.07 Å². The molecular formula is C13H11NO3. The summed E-state index contributed by atoms with van der Waals surface area (Å²) in [6.45, 7) is 0.527. The quantitative estimate of drug-likeness (QED) is 0.684. The zero-order chi connectivity index (χ0) is 11.8. The summed E-state index contributed by atoms with van der Waals surface area (Å²) < 4.78 is 5.51. The monoisotopic (exact) mass is 229 g/mol. The lowest BCUT2D eigenvalue weighted by Crippen LogP contribution is -2.36. The molecule has 4 heteroatoms. The molecule has 0 aromatic heterocycles. The Kier molecular flexibility index (Phi) is 2.21. The van der Waals surface area contributed by atoms with E-state index in [1.54, 1.807) is 0 Å². The van der Waals surface area contributed by atoms with Gasteiger partial charge < -0.3 is 4.74 Å². The van der Waals surface area contributed by atoms with Crippen LogP contribution in [0.5, 0.6) is 5.75 Å². The predicted molar refractivity (Wildman–Crippen MR) is 60.3 cm³/mol. The molecule has 0 saturated carbocycles. The van der Waals surface area contributed by atoms with E-state index in [2.05, 4.69) is 0 Å². The minimum atomic E-state index is -0.239. The summed E-state index contributed by atoms with van der Waals surface area (Å²) in [5.41, 5.74) is 0.907. The van der Waals surface area contributed by atoms with Crippen molar-refractivity contribution in [1.82, 2.24) is 4.90 Å². The minimum absolute atomic E-state index is 0.199. The van der Waals surface area contributed by atoms with Gasteiger partial charge in [0.25, 0.3) is 11.8 Å². The Balaban J connectivity index is 2.01. The van der Waals surface area contributed by atoms with Crippen molar-refractivity contribution in [1.29, 1.82) is 0 Å². The van der Waals surface area contributed by atoms with Crippen molar-refractivity contribution in [2.75, 3.05) is 6.61 Å². The van der Waals surface area contributed by atoms with Crippen LogP contribution in [0.1, 0.15) is 18.0 Å². The van der Waals surface area contributed by atoms with Gasteiger partial charge >= 0.3 is 0 Å². The van der Waals surface area contributed by atoms with Crippen LogP contribution in [0, 0.1) is 0 Å². The number of hydrogen-bond acceptors (Lipinski definition) is 3. The fourth-order valence-electron chi connectivity index (χ4n) is 2.31. The molecule has 17 heavy (non-hydrogen) atoms. The molecule has 0 aliphatic carbocycles. The fourth-order valence-corrected chi connectivity index (χ4v) is 2.31. The number of imide groups is 1. The average Bonchev–Trinajstić information content (AvgIpc) is 2.69. The summed E-state index contributed by atoms with van der Waals surface area (Å²) in [6, 6.07) is 7.33. The van der Waals surface area contributed by atoms with Crippen LogP contribution in [0.3, 0.4) is 0 Å². The van der Waals surface area contributed by atoms with Gasteiger partial charge in [-0.15, -0.1) is 0 Å². The molecule has 0 radical (unpaired) electrons. The second-order valence-corrected chi connectivity index (χ2v) is 4.07. The molecule has 1 aromatic carbocycles. The molecule has 3 rings (SSSR count). The van der Waals surface area contributed by atoms with Crippen molar-refractivity contribution in [2.24, 2.45) is 0 Å². The number of rotatable bonds is 1. The molecule has 86 valence electrons. The number of amides is 2. The lowest BCUT2D eigenvalue weighted by atomic mass is 9.99. The Morgan fingerprint density at radius 1 is 1.12 bits per heavy atom. The Morgan fingerprint density at radius 2 is 1.82 bits per heavy atom. The highest BCUT2D eigenvalue weighted by molar-refractivity contribution is 6.13. The molecule has 2 heterocycles. The molecule has 2 aliphatic heterocycles. The van der Waals surface area contributed by atoms with E-state index in [0.29, 0.717) is 13.0 Å². The van der Waals surface area contributed by atoms with Crippen LogP contribution in [0.4, 0.5) is 0 Å². The molecule has 0 N–H and O–H groups in total. The largest absolute Gasteiger partial charge is 0.493 e. The van der Waals surface area contributed by atoms with Crippen LogP contribution < -0.4 is 4.74 Å². The zero-order valence-corrected chi connectivity index (χ0v) is 9.13. The molecule has 0 bridgehead atoms. The summed E-state index contributed by atoms with van der Waals surface area (Å²) in [5.74, 6) is 0.282. The number of fused-ring (bicyclic) bond motifs is 1. The van der Waals surface area contributed by atoms with Crippen LogP contribution in [-0.4, -0.2) is 23.3 Å². The number of hydrogen-bond donors (Lipinski definition) is 0. The number of benzene rings is 1. The third kappa shape index (κ3) is 1.53. The van der Waals surface area contributed by atoms with Crippen LogP contribution >= 0.6 is 0 Å². The molecular weight excluding hydrogens is 218 g/mol. The van der Waals surface area contributed by atoms with Gasteiger partial charge in [0.2, 0.25) is 0 Å². The van der Waals surface area contributed by atoms with E-state index in [-0.39, 0.29) is 17.9 Å². The van der Waals surface area contributed by atoms with Crippen LogP contribution in [0.15, 0.2) is 36.4 Å². The molecule has 2 aliphatic rings. The van der Waals surface area contributed by atoms with Gasteiger partial charge in [-0.2, -0.15) is 0 Å². The maximum atomic E-state index is 11.7. The first-order valence-corrected chi connectivity index (χ1v) is 5.54. The van der Waals surface area contributed by atoms with Crippen molar-refractivity contribution in [3.63, 3.8) is 0 Å². The topological polar surface area (TPSA) is 46.6 Å². The van der Waals surface area contributed by atoms with Gasteiger partial charge in [-0.25, -0.2) is 0 Å². The molecule has 1 atom stereocenters. The van der Waals surface area contributed by atoms with E-state index in [1.165, 1.54) is 17.1 Å². The number of carbonyl (C=O) groups is 2. The molecule has 0 spiro atoms. The molecule has 2 amide bonds. The summed E-state index contributed by atoms with van der Waals surface area (Å²) in [7, 11) is 0. The van der Waals surface area contributed by atoms with Gasteiger partial charge in [0.05, 0.1) is 12.6 Å². The van der Waals surface area contributed by atoms with Crippen LogP contribution in [0.25, 0.3) is 0 Å². The summed E-state index contributed by atoms with van der Waals surface area (Å²) >= 11 is 0. The third-order valence-electron chi connectivity index (χ3n) is 3.08. The number of para-hydroxylation sites is 1. The van der Waals surface area contributed by atoms with E-state index in [9.17, 15) is 9.59 Å². The van der Waals surface area contributed by atoms with Crippen molar-refractivity contribution in [2.45, 2.75) is 12.5 Å². The van der Waals surface area contributed by atoms with Gasteiger partial charge in [-0.3, -0.25) is 14.5 Å². The second-order valence-electron chi connectivity index (χ2n) is 4.07. The van der Waals surface area contributed by atoms with Gasteiger partial charge in [0.15, 0.2) is 0 Å². The van der Waals surface area contributed by atoms with Crippen molar-refractivity contribution in [3.05, 3.63) is 42.0 Å². The maximum Gasteiger partial charge on any atom is 0.254 e. The Morgan fingerprint density at radius 3 is 2.59 bits per heavy atom. The Labute approximate surface area is 98.5 Å². The van der Waals surface area contributed by atoms with E-state index in [1.807, 2.05) is 24.3 Å². The Hall–Kier alpha value is -2.10. The van der Waals surface area contributed by atoms with Crippen molar-refractivity contribution >= 4 is 11.8 Å². The smallest absolute Gasteiger partial charge is 0.254 e. The second kappa shape index (κ2) is 3.73.